The number of rotatable bonds is 4. The number of hydrogen-bond acceptors (Lipinski definition) is 3. The van der Waals surface area contributed by atoms with E-state index in [-0.39, 0.29) is 5.91 Å². The second-order valence-corrected chi connectivity index (χ2v) is 7.09. The molecule has 1 aromatic heterocycles. The molecule has 1 aliphatic rings. The third-order valence-corrected chi connectivity index (χ3v) is 4.39. The van der Waals surface area contributed by atoms with Gasteiger partial charge in [-0.15, -0.1) is 0 Å². The Morgan fingerprint density at radius 3 is 2.74 bits per heavy atom. The molecule has 5 heteroatoms. The number of nitrogens with one attached hydrogen (secondary N) is 1. The van der Waals surface area contributed by atoms with Crippen LogP contribution in [-0.2, 0) is 17.9 Å². The van der Waals surface area contributed by atoms with Crippen LogP contribution in [0.5, 0.6) is 0 Å². The summed E-state index contributed by atoms with van der Waals surface area (Å²) in [5.74, 6) is 1.54. The fourth-order valence-electron chi connectivity index (χ4n) is 3.14. The van der Waals surface area contributed by atoms with Crippen LogP contribution >= 0.6 is 0 Å². The Labute approximate surface area is 137 Å². The minimum Gasteiger partial charge on any atom is -0.326 e. The average Bonchev–Trinajstić information content (AvgIpc) is 2.82. The van der Waals surface area contributed by atoms with Gasteiger partial charge in [0.15, 0.2) is 0 Å². The maximum absolute atomic E-state index is 11.9. The van der Waals surface area contributed by atoms with Crippen LogP contribution in [0.2, 0.25) is 0 Å². The first kappa shape index (κ1) is 16.0. The molecule has 0 spiro atoms. The molecule has 0 radical (unpaired) electrons. The molecule has 0 bridgehead atoms. The first-order valence-corrected chi connectivity index (χ1v) is 8.47. The van der Waals surface area contributed by atoms with E-state index >= 15 is 0 Å². The lowest BCUT2D eigenvalue weighted by molar-refractivity contribution is -0.116. The zero-order chi connectivity index (χ0) is 16.6. The summed E-state index contributed by atoms with van der Waals surface area (Å²) in [7, 11) is 0. The van der Waals surface area contributed by atoms with Gasteiger partial charge in [0.05, 0.1) is 17.6 Å². The molecule has 0 fully saturated rings. The highest BCUT2D eigenvalue weighted by Gasteiger charge is 2.21. The lowest BCUT2D eigenvalue weighted by Crippen LogP contribution is -2.38. The summed E-state index contributed by atoms with van der Waals surface area (Å²) in [6, 6.07) is 6.57. The number of anilines is 1. The summed E-state index contributed by atoms with van der Waals surface area (Å²) in [5, 5.41) is 2.97. The molecule has 23 heavy (non-hydrogen) atoms. The summed E-state index contributed by atoms with van der Waals surface area (Å²) < 4.78 is 2.30. The maximum Gasteiger partial charge on any atom is 0.224 e. The molecule has 1 N–H and O–H groups in total. The summed E-state index contributed by atoms with van der Waals surface area (Å²) in [5.41, 5.74) is 2.96. The summed E-state index contributed by atoms with van der Waals surface area (Å²) in [4.78, 5) is 19.1. The smallest absolute Gasteiger partial charge is 0.224 e. The van der Waals surface area contributed by atoms with Gasteiger partial charge in [0.25, 0.3) is 0 Å². The van der Waals surface area contributed by atoms with Crippen molar-refractivity contribution < 1.29 is 4.79 Å². The largest absolute Gasteiger partial charge is 0.326 e. The SMILES string of the molecule is CC(C)CC(=O)Nc1ccc2c(c1)nc1n2CCN(C(C)C)C1. The van der Waals surface area contributed by atoms with E-state index < -0.39 is 0 Å². The third kappa shape index (κ3) is 3.39. The zero-order valence-corrected chi connectivity index (χ0v) is 14.5. The van der Waals surface area contributed by atoms with E-state index in [0.29, 0.717) is 18.4 Å². The quantitative estimate of drug-likeness (QED) is 0.942. The molecule has 1 amide bonds. The van der Waals surface area contributed by atoms with Crippen molar-refractivity contribution in [1.29, 1.82) is 0 Å². The minimum atomic E-state index is 0.0642. The normalized spacial score (nSPS) is 15.4. The van der Waals surface area contributed by atoms with Crippen LogP contribution in [0.4, 0.5) is 5.69 Å². The van der Waals surface area contributed by atoms with Crippen LogP contribution in [0.25, 0.3) is 11.0 Å². The van der Waals surface area contributed by atoms with Crippen molar-refractivity contribution in [2.45, 2.75) is 53.2 Å². The maximum atomic E-state index is 11.9. The zero-order valence-electron chi connectivity index (χ0n) is 14.5. The van der Waals surface area contributed by atoms with E-state index in [1.807, 2.05) is 26.0 Å². The van der Waals surface area contributed by atoms with E-state index in [4.69, 9.17) is 4.98 Å². The van der Waals surface area contributed by atoms with Gasteiger partial charge < -0.3 is 9.88 Å². The highest BCUT2D eigenvalue weighted by Crippen LogP contribution is 2.24. The van der Waals surface area contributed by atoms with Crippen LogP contribution < -0.4 is 5.32 Å². The lowest BCUT2D eigenvalue weighted by atomic mass is 10.1. The molecular formula is C18H26N4O. The molecule has 0 saturated carbocycles. The molecule has 2 heterocycles. The Bertz CT molecular complexity index is 717. The van der Waals surface area contributed by atoms with Gasteiger partial charge in [-0.25, -0.2) is 4.98 Å². The molecule has 0 saturated heterocycles. The van der Waals surface area contributed by atoms with E-state index in [1.165, 1.54) is 0 Å². The Kier molecular flexibility index (Phi) is 4.39. The van der Waals surface area contributed by atoms with Crippen molar-refractivity contribution >= 4 is 22.6 Å². The van der Waals surface area contributed by atoms with E-state index in [9.17, 15) is 4.79 Å². The lowest BCUT2D eigenvalue weighted by Gasteiger charge is -2.30. The number of benzene rings is 1. The van der Waals surface area contributed by atoms with Crippen LogP contribution in [0.15, 0.2) is 18.2 Å². The highest BCUT2D eigenvalue weighted by atomic mass is 16.1. The van der Waals surface area contributed by atoms with Crippen LogP contribution in [-0.4, -0.2) is 32.9 Å². The van der Waals surface area contributed by atoms with Crippen molar-refractivity contribution in [3.8, 4) is 0 Å². The van der Waals surface area contributed by atoms with Gasteiger partial charge in [-0.2, -0.15) is 0 Å². The van der Waals surface area contributed by atoms with Crippen LogP contribution in [0, 0.1) is 5.92 Å². The fraction of sp³-hybridized carbons (Fsp3) is 0.556. The van der Waals surface area contributed by atoms with Crippen molar-refractivity contribution in [1.82, 2.24) is 14.5 Å². The molecule has 5 nitrogen and oxygen atoms in total. The fourth-order valence-corrected chi connectivity index (χ4v) is 3.14. The number of carbonyl (C=O) groups excluding carboxylic acids is 1. The van der Waals surface area contributed by atoms with Gasteiger partial charge in [-0.05, 0) is 38.0 Å². The topological polar surface area (TPSA) is 50.2 Å². The monoisotopic (exact) mass is 314 g/mol. The van der Waals surface area contributed by atoms with Crippen LogP contribution in [0.3, 0.4) is 0 Å². The standard InChI is InChI=1S/C18H26N4O/c1-12(2)9-18(23)19-14-5-6-16-15(10-14)20-17-11-21(13(3)4)7-8-22(16)17/h5-6,10,12-13H,7-9,11H2,1-4H3,(H,19,23). The third-order valence-electron chi connectivity index (χ3n) is 4.39. The first-order chi connectivity index (χ1) is 10.9. The predicted octanol–water partition coefficient (Wildman–Crippen LogP) is 3.24. The molecule has 0 aliphatic carbocycles. The molecule has 0 unspecified atom stereocenters. The van der Waals surface area contributed by atoms with Gasteiger partial charge in [-0.3, -0.25) is 9.69 Å². The molecular weight excluding hydrogens is 288 g/mol. The number of aromatic nitrogens is 2. The molecule has 1 aromatic carbocycles. The van der Waals surface area contributed by atoms with Gasteiger partial charge in [-0.1, -0.05) is 13.8 Å². The van der Waals surface area contributed by atoms with Gasteiger partial charge in [0.2, 0.25) is 5.91 Å². The summed E-state index contributed by atoms with van der Waals surface area (Å²) >= 11 is 0. The number of imidazole rings is 1. The average molecular weight is 314 g/mol. The molecule has 3 rings (SSSR count). The molecule has 1 aliphatic heterocycles. The Morgan fingerprint density at radius 2 is 2.04 bits per heavy atom. The Hall–Kier alpha value is -1.88. The number of fused-ring (bicyclic) bond motifs is 3. The number of carbonyl (C=O) groups is 1. The van der Waals surface area contributed by atoms with Crippen molar-refractivity contribution in [2.24, 2.45) is 5.92 Å². The van der Waals surface area contributed by atoms with E-state index in [1.54, 1.807) is 0 Å². The highest BCUT2D eigenvalue weighted by molar-refractivity contribution is 5.93. The van der Waals surface area contributed by atoms with Crippen molar-refractivity contribution in [3.05, 3.63) is 24.0 Å². The summed E-state index contributed by atoms with van der Waals surface area (Å²) in [6.45, 7) is 11.5. The first-order valence-electron chi connectivity index (χ1n) is 8.47. The van der Waals surface area contributed by atoms with E-state index in [2.05, 4.69) is 34.7 Å². The van der Waals surface area contributed by atoms with Crippen LogP contribution in [0.1, 0.15) is 39.9 Å². The van der Waals surface area contributed by atoms with Crippen molar-refractivity contribution in [2.75, 3.05) is 11.9 Å². The number of nitrogens with zero attached hydrogens (tertiary/aromatic N) is 3. The summed E-state index contributed by atoms with van der Waals surface area (Å²) in [6.07, 6.45) is 0.543. The second kappa shape index (κ2) is 6.32. The number of hydrogen-bond donors (Lipinski definition) is 1. The van der Waals surface area contributed by atoms with Gasteiger partial charge >= 0.3 is 0 Å². The minimum absolute atomic E-state index is 0.0642. The molecule has 2 aromatic rings. The van der Waals surface area contributed by atoms with Gasteiger partial charge in [0.1, 0.15) is 5.82 Å². The number of amides is 1. The molecule has 0 atom stereocenters. The Balaban J connectivity index is 1.83. The van der Waals surface area contributed by atoms with Crippen molar-refractivity contribution in [3.63, 3.8) is 0 Å². The van der Waals surface area contributed by atoms with E-state index in [0.717, 1.165) is 42.2 Å². The molecule has 124 valence electrons. The predicted molar refractivity (Wildman–Crippen MR) is 93.4 cm³/mol. The Morgan fingerprint density at radius 1 is 1.26 bits per heavy atom. The van der Waals surface area contributed by atoms with Gasteiger partial charge in [0, 0.05) is 31.2 Å². The second-order valence-electron chi connectivity index (χ2n) is 7.09.